The van der Waals surface area contributed by atoms with Gasteiger partial charge in [-0.2, -0.15) is 0 Å². The highest BCUT2D eigenvalue weighted by Crippen LogP contribution is 2.33. The zero-order valence-electron chi connectivity index (χ0n) is 15.6. The van der Waals surface area contributed by atoms with E-state index in [1.165, 1.54) is 12.4 Å². The maximum absolute atomic E-state index is 8.36. The van der Waals surface area contributed by atoms with Crippen LogP contribution in [0.5, 0.6) is 5.75 Å². The Labute approximate surface area is 178 Å². The van der Waals surface area contributed by atoms with E-state index in [4.69, 9.17) is 44.8 Å². The number of nitrogens with zero attached hydrogens (tertiary/aromatic N) is 2. The summed E-state index contributed by atoms with van der Waals surface area (Å²) < 4.78 is 5.99. The van der Waals surface area contributed by atoms with Gasteiger partial charge in [0.05, 0.1) is 15.8 Å². The number of nitrogens with one attached hydrogen (secondary N) is 1. The summed E-state index contributed by atoms with van der Waals surface area (Å²) in [6, 6.07) is 8.66. The first-order chi connectivity index (χ1) is 13.8. The van der Waals surface area contributed by atoms with Crippen LogP contribution in [0.2, 0.25) is 10.0 Å². The maximum Gasteiger partial charge on any atom is 0.124 e. The minimum absolute atomic E-state index is 0.234. The average Bonchev–Trinajstić information content (AvgIpc) is 2.68. The first-order valence-electron chi connectivity index (χ1n) is 8.68. The van der Waals surface area contributed by atoms with Gasteiger partial charge < -0.3 is 21.6 Å². The Bertz CT molecular complexity index is 1050. The van der Waals surface area contributed by atoms with Gasteiger partial charge in [0, 0.05) is 35.4 Å². The number of allylic oxidation sites excluding steroid dienone is 1. The molecule has 0 saturated heterocycles. The molecule has 0 bridgehead atoms. The number of pyridine rings is 2. The molecule has 5 N–H and O–H groups in total. The van der Waals surface area contributed by atoms with Gasteiger partial charge in [-0.25, -0.2) is 4.98 Å². The van der Waals surface area contributed by atoms with Gasteiger partial charge in [-0.3, -0.25) is 4.98 Å². The number of rotatable bonds is 6. The second-order valence-corrected chi connectivity index (χ2v) is 7.10. The largest absolute Gasteiger partial charge is 0.486 e. The van der Waals surface area contributed by atoms with Gasteiger partial charge in [0.15, 0.2) is 0 Å². The van der Waals surface area contributed by atoms with Crippen molar-refractivity contribution in [2.45, 2.75) is 13.0 Å². The van der Waals surface area contributed by atoms with Crippen LogP contribution in [0.3, 0.4) is 0 Å². The minimum atomic E-state index is -0.417. The van der Waals surface area contributed by atoms with Gasteiger partial charge in [-0.15, -0.1) is 0 Å². The van der Waals surface area contributed by atoms with Crippen molar-refractivity contribution in [1.29, 1.82) is 5.41 Å². The van der Waals surface area contributed by atoms with Crippen LogP contribution >= 0.6 is 23.2 Å². The topological polar surface area (TPSA) is 111 Å². The summed E-state index contributed by atoms with van der Waals surface area (Å²) in [5.74, 6) is 0.979. The fraction of sp³-hybridized carbons (Fsp3) is 0.0952. The Morgan fingerprint density at radius 1 is 1.10 bits per heavy atom. The molecular weight excluding hydrogens is 409 g/mol. The lowest BCUT2D eigenvalue weighted by Crippen LogP contribution is -2.07. The van der Waals surface area contributed by atoms with Crippen LogP contribution < -0.4 is 16.2 Å². The highest BCUT2D eigenvalue weighted by molar-refractivity contribution is 6.35. The number of hydrogen-bond acceptors (Lipinski definition) is 6. The van der Waals surface area contributed by atoms with Crippen LogP contribution in [0.1, 0.15) is 29.7 Å². The number of hydrogen-bond donors (Lipinski definition) is 3. The standard InChI is InChI=1S/C21H19Cl2N5O/c1-12(21-16(22)10-27-11-17(21)23)29-14-4-6-19(25)15(8-14)18(24)5-2-13-3-7-20(26)28-9-13/h2-12,24H,25H2,1H3,(H2,26,28)/b5-2+,24-18?. The molecule has 3 rings (SSSR count). The highest BCUT2D eigenvalue weighted by atomic mass is 35.5. The van der Waals surface area contributed by atoms with Crippen LogP contribution in [0.4, 0.5) is 11.5 Å². The van der Waals surface area contributed by atoms with E-state index in [2.05, 4.69) is 9.97 Å². The molecule has 148 valence electrons. The number of halogens is 2. The third-order valence-electron chi connectivity index (χ3n) is 4.18. The minimum Gasteiger partial charge on any atom is -0.486 e. The van der Waals surface area contributed by atoms with Gasteiger partial charge in [-0.05, 0) is 48.9 Å². The monoisotopic (exact) mass is 427 g/mol. The number of benzene rings is 1. The van der Waals surface area contributed by atoms with Crippen molar-refractivity contribution < 1.29 is 4.74 Å². The van der Waals surface area contributed by atoms with Gasteiger partial charge >= 0.3 is 0 Å². The van der Waals surface area contributed by atoms with Crippen LogP contribution in [0.25, 0.3) is 6.08 Å². The predicted molar refractivity (Wildman–Crippen MR) is 119 cm³/mol. The van der Waals surface area contributed by atoms with Crippen molar-refractivity contribution in [3.8, 4) is 5.75 Å². The van der Waals surface area contributed by atoms with Crippen LogP contribution in [0, 0.1) is 5.41 Å². The van der Waals surface area contributed by atoms with Crippen molar-refractivity contribution in [2.75, 3.05) is 11.5 Å². The molecule has 2 aromatic heterocycles. The van der Waals surface area contributed by atoms with Crippen LogP contribution in [0.15, 0.2) is 55.0 Å². The van der Waals surface area contributed by atoms with Gasteiger partial charge in [-0.1, -0.05) is 29.3 Å². The second-order valence-electron chi connectivity index (χ2n) is 6.29. The lowest BCUT2D eigenvalue weighted by Gasteiger charge is -2.18. The van der Waals surface area contributed by atoms with E-state index >= 15 is 0 Å². The Morgan fingerprint density at radius 2 is 1.83 bits per heavy atom. The molecule has 2 heterocycles. The molecule has 0 radical (unpaired) electrons. The molecule has 0 fully saturated rings. The Balaban J connectivity index is 1.80. The van der Waals surface area contributed by atoms with E-state index in [0.717, 1.165) is 5.56 Å². The number of ether oxygens (including phenoxy) is 1. The lowest BCUT2D eigenvalue weighted by atomic mass is 10.1. The van der Waals surface area contributed by atoms with E-state index in [-0.39, 0.29) is 5.71 Å². The van der Waals surface area contributed by atoms with Crippen molar-refractivity contribution in [2.24, 2.45) is 0 Å². The fourth-order valence-electron chi connectivity index (χ4n) is 2.70. The van der Waals surface area contributed by atoms with Crippen LogP contribution in [-0.4, -0.2) is 15.7 Å². The Morgan fingerprint density at radius 3 is 2.48 bits per heavy atom. The van der Waals surface area contributed by atoms with Crippen molar-refractivity contribution in [3.63, 3.8) is 0 Å². The molecule has 1 atom stereocenters. The molecule has 0 aliphatic heterocycles. The summed E-state index contributed by atoms with van der Waals surface area (Å²) >= 11 is 12.4. The van der Waals surface area contributed by atoms with Crippen molar-refractivity contribution >= 4 is 46.5 Å². The van der Waals surface area contributed by atoms with Gasteiger partial charge in [0.25, 0.3) is 0 Å². The smallest absolute Gasteiger partial charge is 0.124 e. The molecule has 0 amide bonds. The van der Waals surface area contributed by atoms with E-state index in [9.17, 15) is 0 Å². The molecule has 6 nitrogen and oxygen atoms in total. The average molecular weight is 428 g/mol. The number of anilines is 2. The van der Waals surface area contributed by atoms with Crippen molar-refractivity contribution in [1.82, 2.24) is 9.97 Å². The zero-order chi connectivity index (χ0) is 21.0. The molecule has 3 aromatic rings. The summed E-state index contributed by atoms with van der Waals surface area (Å²) in [5.41, 5.74) is 14.4. The summed E-state index contributed by atoms with van der Waals surface area (Å²) in [5, 5.41) is 9.20. The zero-order valence-corrected chi connectivity index (χ0v) is 17.1. The SMILES string of the molecule is CC(Oc1ccc(N)c(C(=N)/C=C/c2ccc(N)nc2)c1)c1c(Cl)cncc1Cl. The van der Waals surface area contributed by atoms with Crippen molar-refractivity contribution in [3.05, 3.63) is 81.7 Å². The molecule has 0 saturated carbocycles. The normalized spacial score (nSPS) is 12.1. The molecule has 0 aliphatic rings. The van der Waals surface area contributed by atoms with E-state index < -0.39 is 6.10 Å². The summed E-state index contributed by atoms with van der Waals surface area (Å²) in [6.07, 6.45) is 7.66. The quantitative estimate of drug-likeness (QED) is 0.371. The molecule has 1 aromatic carbocycles. The van der Waals surface area contributed by atoms with Gasteiger partial charge in [0.1, 0.15) is 17.7 Å². The number of nitrogens with two attached hydrogens (primary N) is 2. The first-order valence-corrected chi connectivity index (χ1v) is 9.44. The van der Waals surface area contributed by atoms with E-state index in [1.54, 1.807) is 42.6 Å². The summed E-state index contributed by atoms with van der Waals surface area (Å²) in [7, 11) is 0. The molecule has 0 aliphatic carbocycles. The van der Waals surface area contributed by atoms with E-state index in [1.807, 2.05) is 13.0 Å². The molecule has 29 heavy (non-hydrogen) atoms. The van der Waals surface area contributed by atoms with E-state index in [0.29, 0.717) is 38.4 Å². The predicted octanol–water partition coefficient (Wildman–Crippen LogP) is 5.17. The Kier molecular flexibility index (Phi) is 6.36. The molecular formula is C21H19Cl2N5O. The molecule has 0 spiro atoms. The third-order valence-corrected chi connectivity index (χ3v) is 4.78. The lowest BCUT2D eigenvalue weighted by molar-refractivity contribution is 0.227. The number of nitrogen functional groups attached to an aromatic ring is 2. The third kappa shape index (κ3) is 5.04. The number of aromatic nitrogens is 2. The molecule has 8 heteroatoms. The Hall–Kier alpha value is -3.09. The summed E-state index contributed by atoms with van der Waals surface area (Å²) in [4.78, 5) is 7.97. The summed E-state index contributed by atoms with van der Waals surface area (Å²) in [6.45, 7) is 1.84. The van der Waals surface area contributed by atoms with Gasteiger partial charge in [0.2, 0.25) is 0 Å². The fourth-order valence-corrected chi connectivity index (χ4v) is 3.37. The molecule has 1 unspecified atom stereocenters. The highest BCUT2D eigenvalue weighted by Gasteiger charge is 2.16. The maximum atomic E-state index is 8.36. The van der Waals surface area contributed by atoms with Crippen LogP contribution in [-0.2, 0) is 0 Å². The second kappa shape index (κ2) is 8.94. The first kappa shape index (κ1) is 20.6.